The Morgan fingerprint density at radius 3 is 2.76 bits per heavy atom. The fourth-order valence-electron chi connectivity index (χ4n) is 2.54. The van der Waals surface area contributed by atoms with Gasteiger partial charge < -0.3 is 16.0 Å². The van der Waals surface area contributed by atoms with Gasteiger partial charge in [0.25, 0.3) is 0 Å². The van der Waals surface area contributed by atoms with Crippen LogP contribution in [0, 0.1) is 12.8 Å². The topological polar surface area (TPSA) is 88.3 Å². The lowest BCUT2D eigenvalue weighted by Gasteiger charge is -2.36. The minimum atomic E-state index is -0.623. The van der Waals surface area contributed by atoms with Crippen LogP contribution < -0.4 is 11.1 Å². The monoisotopic (exact) mass is 290 g/mol. The molecule has 0 aromatic carbocycles. The van der Waals surface area contributed by atoms with Gasteiger partial charge in [0.05, 0.1) is 11.9 Å². The number of pyridine rings is 1. The average Bonchev–Trinajstić information content (AvgIpc) is 2.44. The number of piperidine rings is 1. The Hall–Kier alpha value is -2.11. The van der Waals surface area contributed by atoms with Crippen molar-refractivity contribution >= 4 is 23.3 Å². The summed E-state index contributed by atoms with van der Waals surface area (Å²) in [6.45, 7) is 6.50. The van der Waals surface area contributed by atoms with Crippen LogP contribution in [0.1, 0.15) is 32.3 Å². The van der Waals surface area contributed by atoms with Crippen LogP contribution in [0.3, 0.4) is 0 Å². The van der Waals surface area contributed by atoms with Gasteiger partial charge in [-0.25, -0.2) is 4.98 Å². The number of hydrogen-bond acceptors (Lipinski definition) is 4. The molecule has 1 saturated heterocycles. The number of carbonyl (C=O) groups excluding carboxylic acids is 2. The van der Waals surface area contributed by atoms with Crippen LogP contribution in [0.2, 0.25) is 0 Å². The van der Waals surface area contributed by atoms with E-state index in [1.54, 1.807) is 17.9 Å². The molecule has 0 bridgehead atoms. The first-order valence-corrected chi connectivity index (χ1v) is 7.22. The second kappa shape index (κ2) is 6.11. The molecule has 0 spiro atoms. The van der Waals surface area contributed by atoms with Gasteiger partial charge in [-0.3, -0.25) is 9.59 Å². The van der Waals surface area contributed by atoms with Crippen molar-refractivity contribution in [3.05, 3.63) is 17.8 Å². The van der Waals surface area contributed by atoms with Gasteiger partial charge in [0.2, 0.25) is 0 Å². The van der Waals surface area contributed by atoms with E-state index in [1.165, 1.54) is 6.20 Å². The quantitative estimate of drug-likeness (QED) is 0.768. The van der Waals surface area contributed by atoms with Crippen LogP contribution in [0.5, 0.6) is 0 Å². The molecule has 6 heteroatoms. The number of rotatable bonds is 1. The molecule has 0 radical (unpaired) electrons. The van der Waals surface area contributed by atoms with Gasteiger partial charge >= 0.3 is 11.8 Å². The minimum absolute atomic E-state index is 0.103. The Labute approximate surface area is 124 Å². The predicted molar refractivity (Wildman–Crippen MR) is 81.6 cm³/mol. The number of likely N-dealkylation sites (tertiary alicyclic amines) is 1. The van der Waals surface area contributed by atoms with Gasteiger partial charge in [0, 0.05) is 12.6 Å². The lowest BCUT2D eigenvalue weighted by atomic mass is 9.95. The highest BCUT2D eigenvalue weighted by Gasteiger charge is 2.30. The average molecular weight is 290 g/mol. The Kier molecular flexibility index (Phi) is 4.45. The number of hydrogen-bond donors (Lipinski definition) is 2. The fourth-order valence-corrected chi connectivity index (χ4v) is 2.54. The third-order valence-corrected chi connectivity index (χ3v) is 3.95. The smallest absolute Gasteiger partial charge is 0.313 e. The molecule has 0 saturated carbocycles. The molecular weight excluding hydrogens is 268 g/mol. The maximum absolute atomic E-state index is 12.3. The second-order valence-corrected chi connectivity index (χ2v) is 5.87. The lowest BCUT2D eigenvalue weighted by Crippen LogP contribution is -2.49. The van der Waals surface area contributed by atoms with Gasteiger partial charge in [-0.2, -0.15) is 0 Å². The molecule has 2 atom stereocenters. The second-order valence-electron chi connectivity index (χ2n) is 5.87. The molecular formula is C15H22N4O2. The Morgan fingerprint density at radius 1 is 1.38 bits per heavy atom. The first-order valence-electron chi connectivity index (χ1n) is 7.22. The number of nitrogens with two attached hydrogens (primary N) is 1. The maximum atomic E-state index is 12.3. The van der Waals surface area contributed by atoms with Crippen molar-refractivity contribution in [2.45, 2.75) is 39.7 Å². The minimum Gasteiger partial charge on any atom is -0.383 e. The van der Waals surface area contributed by atoms with Gasteiger partial charge in [-0.1, -0.05) is 6.92 Å². The molecule has 114 valence electrons. The van der Waals surface area contributed by atoms with E-state index in [0.717, 1.165) is 18.4 Å². The normalized spacial score (nSPS) is 22.0. The number of carbonyl (C=O) groups is 2. The molecule has 1 aromatic heterocycles. The number of aryl methyl sites for hydroxylation is 1. The molecule has 2 rings (SSSR count). The number of anilines is 2. The highest BCUT2D eigenvalue weighted by molar-refractivity contribution is 6.39. The molecule has 6 nitrogen and oxygen atoms in total. The van der Waals surface area contributed by atoms with E-state index in [0.29, 0.717) is 24.0 Å². The number of nitrogens with zero attached hydrogens (tertiary/aromatic N) is 2. The molecule has 2 amide bonds. The van der Waals surface area contributed by atoms with Crippen molar-refractivity contribution in [2.75, 3.05) is 17.6 Å². The number of amides is 2. The molecule has 1 aliphatic heterocycles. The summed E-state index contributed by atoms with van der Waals surface area (Å²) < 4.78 is 0. The van der Waals surface area contributed by atoms with E-state index in [2.05, 4.69) is 17.2 Å². The molecule has 21 heavy (non-hydrogen) atoms. The summed E-state index contributed by atoms with van der Waals surface area (Å²) in [6, 6.07) is 1.81. The first kappa shape index (κ1) is 15.3. The molecule has 1 fully saturated rings. The first-order chi connectivity index (χ1) is 9.88. The predicted octanol–water partition coefficient (Wildman–Crippen LogP) is 1.56. The van der Waals surface area contributed by atoms with Gasteiger partial charge in [0.1, 0.15) is 5.82 Å². The summed E-state index contributed by atoms with van der Waals surface area (Å²) in [5, 5.41) is 2.59. The molecule has 1 aliphatic rings. The van der Waals surface area contributed by atoms with Crippen molar-refractivity contribution in [1.82, 2.24) is 9.88 Å². The van der Waals surface area contributed by atoms with E-state index in [-0.39, 0.29) is 6.04 Å². The van der Waals surface area contributed by atoms with Crippen molar-refractivity contribution in [3.8, 4) is 0 Å². The summed E-state index contributed by atoms with van der Waals surface area (Å²) in [4.78, 5) is 30.0. The Bertz CT molecular complexity index is 559. The number of aromatic nitrogens is 1. The van der Waals surface area contributed by atoms with E-state index in [1.807, 2.05) is 6.92 Å². The van der Waals surface area contributed by atoms with Crippen molar-refractivity contribution in [2.24, 2.45) is 5.92 Å². The van der Waals surface area contributed by atoms with Crippen LogP contribution in [0.15, 0.2) is 12.3 Å². The summed E-state index contributed by atoms with van der Waals surface area (Å²) >= 11 is 0. The highest BCUT2D eigenvalue weighted by Crippen LogP contribution is 2.21. The van der Waals surface area contributed by atoms with Crippen molar-refractivity contribution in [1.29, 1.82) is 0 Å². The molecule has 0 unspecified atom stereocenters. The van der Waals surface area contributed by atoms with E-state index in [9.17, 15) is 9.59 Å². The van der Waals surface area contributed by atoms with E-state index < -0.39 is 11.8 Å². The Morgan fingerprint density at radius 2 is 2.10 bits per heavy atom. The zero-order valence-corrected chi connectivity index (χ0v) is 12.7. The molecule has 0 aliphatic carbocycles. The number of nitrogens with one attached hydrogen (secondary N) is 1. The SMILES string of the molecule is Cc1cc(NC(=O)C(=O)N2C[C@@H](C)CC[C@@H]2C)cnc1N. The van der Waals surface area contributed by atoms with Crippen molar-refractivity contribution < 1.29 is 9.59 Å². The third-order valence-electron chi connectivity index (χ3n) is 3.95. The maximum Gasteiger partial charge on any atom is 0.313 e. The molecule has 1 aromatic rings. The third kappa shape index (κ3) is 3.51. The lowest BCUT2D eigenvalue weighted by molar-refractivity contribution is -0.146. The van der Waals surface area contributed by atoms with Crippen LogP contribution in [-0.4, -0.2) is 34.3 Å². The standard InChI is InChI=1S/C15H22N4O2/c1-9-4-5-11(3)19(8-9)15(21)14(20)18-12-6-10(2)13(16)17-7-12/h6-7,9,11H,4-5,8H2,1-3H3,(H2,16,17)(H,18,20)/t9-,11-/m0/s1. The van der Waals surface area contributed by atoms with Crippen LogP contribution in [-0.2, 0) is 9.59 Å². The molecule has 3 N–H and O–H groups in total. The summed E-state index contributed by atoms with van der Waals surface area (Å²) in [6.07, 6.45) is 3.48. The Balaban J connectivity index is 2.05. The van der Waals surface area contributed by atoms with Crippen LogP contribution in [0.25, 0.3) is 0 Å². The molecule has 2 heterocycles. The zero-order valence-electron chi connectivity index (χ0n) is 12.7. The van der Waals surface area contributed by atoms with Gasteiger partial charge in [-0.05, 0) is 44.2 Å². The van der Waals surface area contributed by atoms with Crippen LogP contribution >= 0.6 is 0 Å². The highest BCUT2D eigenvalue weighted by atomic mass is 16.2. The summed E-state index contributed by atoms with van der Waals surface area (Å²) in [5.41, 5.74) is 6.88. The van der Waals surface area contributed by atoms with E-state index >= 15 is 0 Å². The largest absolute Gasteiger partial charge is 0.383 e. The van der Waals surface area contributed by atoms with E-state index in [4.69, 9.17) is 5.73 Å². The van der Waals surface area contributed by atoms with Crippen molar-refractivity contribution in [3.63, 3.8) is 0 Å². The summed E-state index contributed by atoms with van der Waals surface area (Å²) in [5.74, 6) is -0.262. The summed E-state index contributed by atoms with van der Waals surface area (Å²) in [7, 11) is 0. The fraction of sp³-hybridized carbons (Fsp3) is 0.533. The zero-order chi connectivity index (χ0) is 15.6. The number of nitrogen functional groups attached to an aromatic ring is 1. The van der Waals surface area contributed by atoms with Crippen LogP contribution in [0.4, 0.5) is 11.5 Å². The van der Waals surface area contributed by atoms with Gasteiger partial charge in [-0.15, -0.1) is 0 Å². The van der Waals surface area contributed by atoms with Gasteiger partial charge in [0.15, 0.2) is 0 Å².